The monoisotopic (exact) mass is 293 g/mol. The van der Waals surface area contributed by atoms with E-state index in [4.69, 9.17) is 5.11 Å². The van der Waals surface area contributed by atoms with Crippen molar-refractivity contribution in [2.75, 3.05) is 0 Å². The first kappa shape index (κ1) is 14.0. The molecule has 2 aromatic carbocycles. The van der Waals surface area contributed by atoms with E-state index < -0.39 is 5.97 Å². The zero-order valence-electron chi connectivity index (χ0n) is 12.1. The van der Waals surface area contributed by atoms with E-state index in [1.165, 1.54) is 0 Å². The van der Waals surface area contributed by atoms with E-state index in [1.807, 2.05) is 61.5 Å². The molecule has 3 aromatic rings. The molecule has 0 bridgehead atoms. The molecule has 5 nitrogen and oxygen atoms in total. The van der Waals surface area contributed by atoms with E-state index in [9.17, 15) is 4.79 Å². The van der Waals surface area contributed by atoms with Crippen molar-refractivity contribution in [3.63, 3.8) is 0 Å². The quantitative estimate of drug-likeness (QED) is 0.803. The molecule has 0 saturated heterocycles. The number of rotatable bonds is 4. The van der Waals surface area contributed by atoms with Gasteiger partial charge in [-0.3, -0.25) is 4.79 Å². The third kappa shape index (κ3) is 2.61. The van der Waals surface area contributed by atoms with Crippen molar-refractivity contribution in [2.24, 2.45) is 0 Å². The van der Waals surface area contributed by atoms with E-state index in [1.54, 1.807) is 4.68 Å². The van der Waals surface area contributed by atoms with E-state index in [2.05, 4.69) is 10.3 Å². The minimum atomic E-state index is -0.922. The molecule has 110 valence electrons. The van der Waals surface area contributed by atoms with Crippen LogP contribution in [0, 0.1) is 6.92 Å². The average Bonchev–Trinajstić information content (AvgIpc) is 2.91. The summed E-state index contributed by atoms with van der Waals surface area (Å²) in [6.07, 6.45) is -0.157. The first-order valence-electron chi connectivity index (χ1n) is 6.94. The lowest BCUT2D eigenvalue weighted by Crippen LogP contribution is -2.04. The van der Waals surface area contributed by atoms with Crippen molar-refractivity contribution in [3.05, 3.63) is 65.9 Å². The number of hydrogen-bond acceptors (Lipinski definition) is 3. The Hall–Kier alpha value is -2.95. The highest BCUT2D eigenvalue weighted by atomic mass is 16.4. The molecule has 1 N–H and O–H groups in total. The summed E-state index contributed by atoms with van der Waals surface area (Å²) in [5, 5.41) is 17.4. The van der Waals surface area contributed by atoms with Crippen molar-refractivity contribution >= 4 is 5.97 Å². The van der Waals surface area contributed by atoms with Crippen LogP contribution in [0.4, 0.5) is 0 Å². The predicted molar refractivity (Wildman–Crippen MR) is 82.9 cm³/mol. The Balaban J connectivity index is 2.22. The van der Waals surface area contributed by atoms with Crippen molar-refractivity contribution in [1.82, 2.24) is 15.0 Å². The third-order valence-electron chi connectivity index (χ3n) is 3.45. The molecule has 0 unspecified atom stereocenters. The average molecular weight is 293 g/mol. The minimum absolute atomic E-state index is 0.157. The Morgan fingerprint density at radius 2 is 1.77 bits per heavy atom. The molecule has 0 aliphatic carbocycles. The van der Waals surface area contributed by atoms with Gasteiger partial charge in [0.05, 0.1) is 17.8 Å². The third-order valence-corrected chi connectivity index (χ3v) is 3.45. The molecule has 0 fully saturated rings. The Kier molecular flexibility index (Phi) is 3.70. The number of carbonyl (C=O) groups is 1. The molecule has 1 heterocycles. The molecule has 0 atom stereocenters. The topological polar surface area (TPSA) is 68.0 Å². The summed E-state index contributed by atoms with van der Waals surface area (Å²) in [6, 6.07) is 17.4. The van der Waals surface area contributed by atoms with Crippen LogP contribution in [0.1, 0.15) is 11.3 Å². The van der Waals surface area contributed by atoms with Crippen molar-refractivity contribution in [3.8, 4) is 16.9 Å². The van der Waals surface area contributed by atoms with Crippen LogP contribution in [0.5, 0.6) is 0 Å². The molecule has 0 saturated carbocycles. The van der Waals surface area contributed by atoms with Gasteiger partial charge in [-0.05, 0) is 18.6 Å². The first-order valence-corrected chi connectivity index (χ1v) is 6.94. The molecule has 1 aromatic heterocycles. The van der Waals surface area contributed by atoms with Crippen LogP contribution in [0.3, 0.4) is 0 Å². The summed E-state index contributed by atoms with van der Waals surface area (Å²) in [5.41, 5.74) is 4.02. The summed E-state index contributed by atoms with van der Waals surface area (Å²) < 4.78 is 1.71. The highest BCUT2D eigenvalue weighted by Gasteiger charge is 2.19. The van der Waals surface area contributed by atoms with Gasteiger partial charge >= 0.3 is 5.97 Å². The summed E-state index contributed by atoms with van der Waals surface area (Å²) >= 11 is 0. The highest BCUT2D eigenvalue weighted by Crippen LogP contribution is 2.26. The fourth-order valence-electron chi connectivity index (χ4n) is 2.43. The van der Waals surface area contributed by atoms with Crippen LogP contribution < -0.4 is 0 Å². The Labute approximate surface area is 127 Å². The summed E-state index contributed by atoms with van der Waals surface area (Å²) in [4.78, 5) is 11.1. The van der Waals surface area contributed by atoms with Gasteiger partial charge < -0.3 is 5.11 Å². The standard InChI is InChI=1S/C17H15N3O2/c1-12-7-5-6-10-15(12)20-17(13-8-3-2-4-9-13)14(18-19-20)11-16(21)22/h2-10H,11H2,1H3,(H,21,22). The molecule has 5 heteroatoms. The van der Waals surface area contributed by atoms with Crippen LogP contribution >= 0.6 is 0 Å². The summed E-state index contributed by atoms with van der Waals surface area (Å²) in [5.74, 6) is -0.922. The van der Waals surface area contributed by atoms with E-state index >= 15 is 0 Å². The van der Waals surface area contributed by atoms with E-state index in [0.717, 1.165) is 22.5 Å². The van der Waals surface area contributed by atoms with Gasteiger partial charge in [-0.2, -0.15) is 0 Å². The molecule has 0 radical (unpaired) electrons. The number of nitrogens with zero attached hydrogens (tertiary/aromatic N) is 3. The number of aliphatic carboxylic acids is 1. The van der Waals surface area contributed by atoms with Gasteiger partial charge in [-0.1, -0.05) is 53.7 Å². The van der Waals surface area contributed by atoms with Crippen molar-refractivity contribution < 1.29 is 9.90 Å². The summed E-state index contributed by atoms with van der Waals surface area (Å²) in [7, 11) is 0. The van der Waals surface area contributed by atoms with Crippen LogP contribution in [0.25, 0.3) is 16.9 Å². The van der Waals surface area contributed by atoms with Gasteiger partial charge in [0.15, 0.2) is 0 Å². The van der Waals surface area contributed by atoms with Gasteiger partial charge in [-0.25, -0.2) is 4.68 Å². The second kappa shape index (κ2) is 5.81. The second-order valence-electron chi connectivity index (χ2n) is 5.02. The molecule has 0 aliphatic heterocycles. The number of carboxylic acids is 1. The first-order chi connectivity index (χ1) is 10.7. The SMILES string of the molecule is Cc1ccccc1-n1nnc(CC(=O)O)c1-c1ccccc1. The highest BCUT2D eigenvalue weighted by molar-refractivity contribution is 5.74. The number of carboxylic acid groups (broad SMARTS) is 1. The number of aryl methyl sites for hydroxylation is 1. The van der Waals surface area contributed by atoms with Crippen LogP contribution in [-0.2, 0) is 11.2 Å². The molecule has 0 amide bonds. The lowest BCUT2D eigenvalue weighted by molar-refractivity contribution is -0.136. The van der Waals surface area contributed by atoms with Gasteiger partial charge in [0.25, 0.3) is 0 Å². The maximum absolute atomic E-state index is 11.1. The van der Waals surface area contributed by atoms with Crippen molar-refractivity contribution in [1.29, 1.82) is 0 Å². The molecule has 0 spiro atoms. The number of aromatic nitrogens is 3. The van der Waals surface area contributed by atoms with Crippen molar-refractivity contribution in [2.45, 2.75) is 13.3 Å². The Morgan fingerprint density at radius 1 is 1.09 bits per heavy atom. The maximum Gasteiger partial charge on any atom is 0.309 e. The Morgan fingerprint density at radius 3 is 2.45 bits per heavy atom. The van der Waals surface area contributed by atoms with Crippen LogP contribution in [0.15, 0.2) is 54.6 Å². The fourth-order valence-corrected chi connectivity index (χ4v) is 2.43. The minimum Gasteiger partial charge on any atom is -0.481 e. The lowest BCUT2D eigenvalue weighted by atomic mass is 10.1. The lowest BCUT2D eigenvalue weighted by Gasteiger charge is -2.10. The van der Waals surface area contributed by atoms with Gasteiger partial charge in [0, 0.05) is 5.56 Å². The largest absolute Gasteiger partial charge is 0.481 e. The molecular weight excluding hydrogens is 278 g/mol. The van der Waals surface area contributed by atoms with Gasteiger partial charge in [0.2, 0.25) is 0 Å². The molecule has 0 aliphatic rings. The number of para-hydroxylation sites is 1. The van der Waals surface area contributed by atoms with E-state index in [-0.39, 0.29) is 6.42 Å². The molecule has 3 rings (SSSR count). The predicted octanol–water partition coefficient (Wildman–Crippen LogP) is 2.87. The van der Waals surface area contributed by atoms with Crippen LogP contribution in [0.2, 0.25) is 0 Å². The molecular formula is C17H15N3O2. The zero-order valence-corrected chi connectivity index (χ0v) is 12.1. The molecule has 22 heavy (non-hydrogen) atoms. The summed E-state index contributed by atoms with van der Waals surface area (Å²) in [6.45, 7) is 1.99. The van der Waals surface area contributed by atoms with Gasteiger partial charge in [0.1, 0.15) is 5.69 Å². The van der Waals surface area contributed by atoms with Crippen LogP contribution in [-0.4, -0.2) is 26.1 Å². The van der Waals surface area contributed by atoms with E-state index in [0.29, 0.717) is 5.69 Å². The maximum atomic E-state index is 11.1. The number of hydrogen-bond donors (Lipinski definition) is 1. The zero-order chi connectivity index (χ0) is 15.5. The fraction of sp³-hybridized carbons (Fsp3) is 0.118. The Bertz CT molecular complexity index is 810. The number of benzene rings is 2. The second-order valence-corrected chi connectivity index (χ2v) is 5.02. The van der Waals surface area contributed by atoms with Gasteiger partial charge in [-0.15, -0.1) is 5.10 Å². The smallest absolute Gasteiger partial charge is 0.309 e. The normalized spacial score (nSPS) is 10.6.